The minimum Gasteiger partial charge on any atom is -0.458 e. The predicted octanol–water partition coefficient (Wildman–Crippen LogP) is 6.60. The molecule has 218 valence electrons. The molecular formula is C31H30F3N5O3. The van der Waals surface area contributed by atoms with Crippen molar-refractivity contribution in [1.29, 1.82) is 0 Å². The molecule has 0 aliphatic carbocycles. The van der Waals surface area contributed by atoms with Crippen LogP contribution in [0.15, 0.2) is 72.9 Å². The average Bonchev–Trinajstić information content (AvgIpc) is 3.32. The van der Waals surface area contributed by atoms with Gasteiger partial charge in [-0.2, -0.15) is 13.2 Å². The van der Waals surface area contributed by atoms with E-state index < -0.39 is 35.3 Å². The summed E-state index contributed by atoms with van der Waals surface area (Å²) in [5, 5.41) is 13.2. The van der Waals surface area contributed by atoms with Crippen LogP contribution in [0.2, 0.25) is 0 Å². The monoisotopic (exact) mass is 577 g/mol. The highest BCUT2D eigenvalue weighted by atomic mass is 19.4. The minimum absolute atomic E-state index is 0.0879. The van der Waals surface area contributed by atoms with Crippen LogP contribution in [0.25, 0.3) is 28.8 Å². The largest absolute Gasteiger partial charge is 0.458 e. The topological polar surface area (TPSA) is 102 Å². The zero-order chi connectivity index (χ0) is 30.1. The Morgan fingerprint density at radius 1 is 1.05 bits per heavy atom. The van der Waals surface area contributed by atoms with Gasteiger partial charge in [0.15, 0.2) is 0 Å². The number of esters is 1. The van der Waals surface area contributed by atoms with Crippen LogP contribution in [-0.4, -0.2) is 42.8 Å². The second-order valence-electron chi connectivity index (χ2n) is 11.1. The maximum absolute atomic E-state index is 13.8. The van der Waals surface area contributed by atoms with E-state index in [-0.39, 0.29) is 18.4 Å². The predicted molar refractivity (Wildman–Crippen MR) is 153 cm³/mol. The summed E-state index contributed by atoms with van der Waals surface area (Å²) in [6.07, 6.45) is -1.21. The summed E-state index contributed by atoms with van der Waals surface area (Å²) in [6, 6.07) is 16.0. The van der Waals surface area contributed by atoms with Crippen molar-refractivity contribution in [2.24, 2.45) is 0 Å². The fourth-order valence-electron chi connectivity index (χ4n) is 4.71. The molecule has 0 amide bonds. The third-order valence-corrected chi connectivity index (χ3v) is 6.61. The molecule has 0 bridgehead atoms. The van der Waals surface area contributed by atoms with Crippen molar-refractivity contribution < 1.29 is 27.8 Å². The summed E-state index contributed by atoms with van der Waals surface area (Å²) in [5.41, 5.74) is 0.786. The van der Waals surface area contributed by atoms with Gasteiger partial charge in [-0.25, -0.2) is 15.0 Å². The molecule has 0 saturated carbocycles. The average molecular weight is 578 g/mol. The van der Waals surface area contributed by atoms with Gasteiger partial charge in [0.05, 0.1) is 29.5 Å². The Bertz CT molecular complexity index is 1610. The second-order valence-corrected chi connectivity index (χ2v) is 11.1. The quantitative estimate of drug-likeness (QED) is 0.249. The number of alkyl halides is 3. The number of hydrogen-bond donors (Lipinski definition) is 2. The highest BCUT2D eigenvalue weighted by molar-refractivity contribution is 5.80. The fraction of sp³-hybridized carbons (Fsp3) is 0.290. The molecule has 2 aromatic carbocycles. The van der Waals surface area contributed by atoms with E-state index in [1.54, 1.807) is 35.2 Å². The van der Waals surface area contributed by atoms with Gasteiger partial charge in [-0.15, -0.1) is 0 Å². The molecule has 2 aromatic heterocycles. The molecule has 0 radical (unpaired) electrons. The molecule has 11 heteroatoms. The van der Waals surface area contributed by atoms with Gasteiger partial charge in [-0.3, -0.25) is 4.79 Å². The minimum atomic E-state index is -4.56. The Kier molecular flexibility index (Phi) is 7.87. The van der Waals surface area contributed by atoms with Crippen molar-refractivity contribution in [3.8, 4) is 22.6 Å². The molecule has 1 saturated heterocycles. The van der Waals surface area contributed by atoms with Crippen LogP contribution in [-0.2, 0) is 21.1 Å². The Balaban J connectivity index is 1.69. The Morgan fingerprint density at radius 2 is 1.81 bits per heavy atom. The molecule has 8 nitrogen and oxygen atoms in total. The highest BCUT2D eigenvalue weighted by Gasteiger charge is 2.33. The third kappa shape index (κ3) is 6.52. The molecule has 1 aliphatic rings. The lowest BCUT2D eigenvalue weighted by atomic mass is 9.95. The van der Waals surface area contributed by atoms with Gasteiger partial charge in [-0.05, 0) is 36.4 Å². The fourth-order valence-corrected chi connectivity index (χ4v) is 4.71. The Morgan fingerprint density at radius 3 is 2.50 bits per heavy atom. The molecule has 3 heterocycles. The molecule has 5 rings (SSSR count). The van der Waals surface area contributed by atoms with Crippen LogP contribution in [0.3, 0.4) is 0 Å². The van der Waals surface area contributed by atoms with E-state index >= 15 is 0 Å². The van der Waals surface area contributed by atoms with Crippen molar-refractivity contribution in [2.45, 2.75) is 57.4 Å². The van der Waals surface area contributed by atoms with Crippen molar-refractivity contribution >= 4 is 23.8 Å². The number of ether oxygens (including phenoxy) is 1. The number of para-hydroxylation sites is 1. The van der Waals surface area contributed by atoms with Crippen molar-refractivity contribution in [3.05, 3.63) is 84.3 Å². The number of cyclic esters (lactones) is 1. The summed E-state index contributed by atoms with van der Waals surface area (Å²) in [6.45, 7) is 5.81. The zero-order valence-electron chi connectivity index (χ0n) is 23.3. The van der Waals surface area contributed by atoms with Crippen LogP contribution in [0.1, 0.15) is 45.0 Å². The number of anilines is 2. The van der Waals surface area contributed by atoms with Crippen molar-refractivity contribution in [1.82, 2.24) is 19.5 Å². The number of aliphatic hydroxyl groups excluding tert-OH is 1. The van der Waals surface area contributed by atoms with Crippen molar-refractivity contribution in [3.63, 3.8) is 0 Å². The van der Waals surface area contributed by atoms with E-state index in [1.807, 2.05) is 51.1 Å². The number of nitrogens with one attached hydrogen (secondary N) is 1. The van der Waals surface area contributed by atoms with Crippen molar-refractivity contribution in [2.75, 3.05) is 5.32 Å². The lowest BCUT2D eigenvalue weighted by Gasteiger charge is -2.24. The number of benzene rings is 2. The molecule has 1 aliphatic heterocycles. The standard InChI is InChI=1S/C31H30F3N5O3/c1-30(2,3)28-38-26(24-12-14-35-29(37-24)36-21-10-5-4-6-11-21)27(19-8-7-9-20(16-19)31(32,33)34)39(28)15-13-23-17-22(40)18-25(41)42-23/h4-16,22-23,40H,17-18H2,1-3H3,(H,35,36,37)/b15-13+/t22-,23+/m1/s1. The first-order valence-electron chi connectivity index (χ1n) is 13.4. The van der Waals surface area contributed by atoms with E-state index in [0.29, 0.717) is 28.9 Å². The summed E-state index contributed by atoms with van der Waals surface area (Å²) >= 11 is 0. The lowest BCUT2D eigenvalue weighted by Crippen LogP contribution is -2.31. The van der Waals surface area contributed by atoms with E-state index in [9.17, 15) is 23.1 Å². The number of rotatable bonds is 6. The second kappa shape index (κ2) is 11.4. The summed E-state index contributed by atoms with van der Waals surface area (Å²) < 4.78 is 48.4. The first kappa shape index (κ1) is 29.0. The molecule has 0 spiro atoms. The number of halogens is 3. The maximum atomic E-state index is 13.8. The van der Waals surface area contributed by atoms with E-state index in [2.05, 4.69) is 15.3 Å². The molecule has 2 N–H and O–H groups in total. The van der Waals surface area contributed by atoms with Gasteiger partial charge in [0, 0.05) is 35.5 Å². The first-order chi connectivity index (χ1) is 19.9. The zero-order valence-corrected chi connectivity index (χ0v) is 23.3. The van der Waals surface area contributed by atoms with Gasteiger partial charge in [0.2, 0.25) is 5.95 Å². The highest BCUT2D eigenvalue weighted by Crippen LogP contribution is 2.39. The Hall–Kier alpha value is -4.51. The number of carbonyl (C=O) groups excluding carboxylic acids is 1. The maximum Gasteiger partial charge on any atom is 0.416 e. The molecule has 4 aromatic rings. The normalized spacial score (nSPS) is 17.8. The van der Waals surface area contributed by atoms with Crippen LogP contribution < -0.4 is 5.32 Å². The van der Waals surface area contributed by atoms with Gasteiger partial charge in [0.25, 0.3) is 0 Å². The van der Waals surface area contributed by atoms with E-state index in [4.69, 9.17) is 9.72 Å². The Labute approximate surface area is 240 Å². The lowest BCUT2D eigenvalue weighted by molar-refractivity contribution is -0.156. The molecule has 2 atom stereocenters. The number of aliphatic hydroxyl groups is 1. The third-order valence-electron chi connectivity index (χ3n) is 6.61. The number of imidazole rings is 1. The smallest absolute Gasteiger partial charge is 0.416 e. The molecule has 1 fully saturated rings. The summed E-state index contributed by atoms with van der Waals surface area (Å²) in [5.74, 6) is 0.308. The van der Waals surface area contributed by atoms with E-state index in [1.165, 1.54) is 6.07 Å². The number of aromatic nitrogens is 4. The number of hydrogen-bond acceptors (Lipinski definition) is 7. The number of carbonyl (C=O) groups is 1. The van der Waals surface area contributed by atoms with Crippen LogP contribution >= 0.6 is 0 Å². The number of nitrogens with zero attached hydrogens (tertiary/aromatic N) is 4. The summed E-state index contributed by atoms with van der Waals surface area (Å²) in [7, 11) is 0. The van der Waals surface area contributed by atoms with Gasteiger partial charge in [-0.1, -0.05) is 51.1 Å². The molecule has 42 heavy (non-hydrogen) atoms. The van der Waals surface area contributed by atoms with Gasteiger partial charge < -0.3 is 19.7 Å². The van der Waals surface area contributed by atoms with Gasteiger partial charge in [0.1, 0.15) is 17.6 Å². The summed E-state index contributed by atoms with van der Waals surface area (Å²) in [4.78, 5) is 25.8. The van der Waals surface area contributed by atoms with Crippen LogP contribution in [0, 0.1) is 0 Å². The van der Waals surface area contributed by atoms with Gasteiger partial charge >= 0.3 is 12.1 Å². The SMILES string of the molecule is CC(C)(C)c1nc(-c2ccnc(Nc3ccccc3)n2)c(-c2cccc(C(F)(F)F)c2)n1/C=C/[C@H]1C[C@@H](O)CC(=O)O1. The first-order valence-corrected chi connectivity index (χ1v) is 13.4. The van der Waals surface area contributed by atoms with E-state index in [0.717, 1.165) is 17.8 Å². The van der Waals surface area contributed by atoms with Crippen LogP contribution in [0.5, 0.6) is 0 Å². The van der Waals surface area contributed by atoms with Crippen LogP contribution in [0.4, 0.5) is 24.8 Å². The molecule has 0 unspecified atom stereocenters. The molecular weight excluding hydrogens is 547 g/mol.